The fourth-order valence-electron chi connectivity index (χ4n) is 4.49. The molecule has 0 radical (unpaired) electrons. The fraction of sp³-hybridized carbons (Fsp3) is 0.480. The van der Waals surface area contributed by atoms with Crippen LogP contribution in [0, 0.1) is 5.92 Å². The van der Waals surface area contributed by atoms with Gasteiger partial charge in [0, 0.05) is 25.2 Å². The highest BCUT2D eigenvalue weighted by Crippen LogP contribution is 2.31. The number of rotatable bonds is 11. The number of aromatic nitrogens is 1. The van der Waals surface area contributed by atoms with Crippen LogP contribution in [0.3, 0.4) is 0 Å². The van der Waals surface area contributed by atoms with E-state index in [2.05, 4.69) is 39.5 Å². The van der Waals surface area contributed by atoms with E-state index in [1.165, 1.54) is 24.5 Å². The van der Waals surface area contributed by atoms with Gasteiger partial charge in [0.2, 0.25) is 0 Å². The van der Waals surface area contributed by atoms with Crippen LogP contribution in [0.15, 0.2) is 47.3 Å². The Balaban J connectivity index is 1.16. The Morgan fingerprint density at radius 2 is 2.06 bits per heavy atom. The molecule has 4 N–H and O–H groups in total. The molecule has 1 aliphatic heterocycles. The molecule has 0 saturated carbocycles. The van der Waals surface area contributed by atoms with Crippen molar-refractivity contribution in [1.29, 1.82) is 0 Å². The normalized spacial score (nSPS) is 18.0. The minimum atomic E-state index is -0.739. The maximum atomic E-state index is 11.7. The van der Waals surface area contributed by atoms with Crippen LogP contribution < -0.4 is 10.2 Å². The molecule has 3 aromatic rings. The lowest BCUT2D eigenvalue weighted by Crippen LogP contribution is -2.41. The van der Waals surface area contributed by atoms with Gasteiger partial charge in [0.1, 0.15) is 11.3 Å². The Labute approximate surface area is 198 Å². The number of hydrogen-bond donors (Lipinski definition) is 4. The van der Waals surface area contributed by atoms with Gasteiger partial charge in [-0.2, -0.15) is 0 Å². The molecule has 1 fully saturated rings. The highest BCUT2D eigenvalue weighted by atomic mass is 32.1. The van der Waals surface area contributed by atoms with Gasteiger partial charge in [-0.1, -0.05) is 47.7 Å². The Morgan fingerprint density at radius 3 is 2.91 bits per heavy atom. The van der Waals surface area contributed by atoms with Crippen LogP contribution in [0.25, 0.3) is 10.2 Å². The molecule has 1 saturated heterocycles. The van der Waals surface area contributed by atoms with Crippen molar-refractivity contribution >= 4 is 21.6 Å². The van der Waals surface area contributed by atoms with Gasteiger partial charge in [-0.25, -0.2) is 0 Å². The minimum absolute atomic E-state index is 0.0265. The summed E-state index contributed by atoms with van der Waals surface area (Å²) in [7, 11) is 0. The Hall–Kier alpha value is -2.23. The van der Waals surface area contributed by atoms with Crippen molar-refractivity contribution < 1.29 is 14.9 Å². The number of phenolic OH excluding ortho intramolecular Hbond substituents is 1. The van der Waals surface area contributed by atoms with E-state index in [1.807, 2.05) is 6.07 Å². The molecule has 178 valence electrons. The highest BCUT2D eigenvalue weighted by molar-refractivity contribution is 7.16. The van der Waals surface area contributed by atoms with E-state index in [0.717, 1.165) is 57.2 Å². The van der Waals surface area contributed by atoms with Crippen molar-refractivity contribution in [3.05, 3.63) is 63.3 Å². The Bertz CT molecular complexity index is 1070. The van der Waals surface area contributed by atoms with Crippen molar-refractivity contribution in [2.24, 2.45) is 5.92 Å². The summed E-state index contributed by atoms with van der Waals surface area (Å²) in [5.74, 6) is 0.567. The van der Waals surface area contributed by atoms with E-state index in [-0.39, 0.29) is 10.6 Å². The van der Waals surface area contributed by atoms with Gasteiger partial charge < -0.3 is 30.2 Å². The third kappa shape index (κ3) is 6.65. The molecule has 2 atom stereocenters. The number of phenols is 1. The molecule has 7 nitrogen and oxygen atoms in total. The summed E-state index contributed by atoms with van der Waals surface area (Å²) in [6.45, 7) is 5.85. The number of hydrogen-bond acceptors (Lipinski definition) is 7. The molecule has 2 aromatic carbocycles. The molecular formula is C25H33N3O4S. The zero-order valence-corrected chi connectivity index (χ0v) is 19.7. The maximum Gasteiger partial charge on any atom is 0.305 e. The lowest BCUT2D eigenvalue weighted by atomic mass is 9.98. The predicted molar refractivity (Wildman–Crippen MR) is 132 cm³/mol. The number of aromatic hydroxyl groups is 1. The molecule has 1 aliphatic rings. The van der Waals surface area contributed by atoms with Gasteiger partial charge in [0.15, 0.2) is 0 Å². The number of benzene rings is 2. The number of likely N-dealkylation sites (tertiary alicyclic amines) is 1. The molecule has 4 rings (SSSR count). The van der Waals surface area contributed by atoms with Crippen LogP contribution in [0.2, 0.25) is 0 Å². The monoisotopic (exact) mass is 471 g/mol. The summed E-state index contributed by atoms with van der Waals surface area (Å²) in [6.07, 6.45) is 2.56. The number of aliphatic hydroxyl groups is 1. The smallest absolute Gasteiger partial charge is 0.305 e. The van der Waals surface area contributed by atoms with Crippen LogP contribution in [0.1, 0.15) is 30.1 Å². The van der Waals surface area contributed by atoms with E-state index >= 15 is 0 Å². The van der Waals surface area contributed by atoms with E-state index in [0.29, 0.717) is 28.2 Å². The number of piperidine rings is 1. The Morgan fingerprint density at radius 1 is 1.21 bits per heavy atom. The summed E-state index contributed by atoms with van der Waals surface area (Å²) >= 11 is 1.02. The number of nitrogens with zero attached hydrogens (tertiary/aromatic N) is 1. The Kier molecular flexibility index (Phi) is 8.52. The summed E-state index contributed by atoms with van der Waals surface area (Å²) in [6, 6.07) is 13.6. The largest absolute Gasteiger partial charge is 0.506 e. The third-order valence-electron chi connectivity index (χ3n) is 6.25. The van der Waals surface area contributed by atoms with Gasteiger partial charge >= 0.3 is 4.87 Å². The maximum absolute atomic E-state index is 11.7. The molecule has 2 heterocycles. The van der Waals surface area contributed by atoms with Crippen LogP contribution in [-0.2, 0) is 11.2 Å². The summed E-state index contributed by atoms with van der Waals surface area (Å²) in [5, 5.41) is 24.0. The number of aromatic amines is 1. The molecule has 0 amide bonds. The van der Waals surface area contributed by atoms with Crippen LogP contribution >= 0.6 is 11.3 Å². The average molecular weight is 472 g/mol. The SMILES string of the molecule is O=c1[nH]c2c(O)ccc([C@@H](O)CNC[C@H]3CCCN(CCOCCc4ccccc4)C3)c2s1. The van der Waals surface area contributed by atoms with Crippen molar-refractivity contribution in [1.82, 2.24) is 15.2 Å². The quantitative estimate of drug-likeness (QED) is 0.321. The lowest BCUT2D eigenvalue weighted by molar-refractivity contribution is 0.0853. The summed E-state index contributed by atoms with van der Waals surface area (Å²) in [4.78, 5) is 16.5. The van der Waals surface area contributed by atoms with Gasteiger partial charge in [-0.05, 0) is 49.9 Å². The van der Waals surface area contributed by atoms with Gasteiger partial charge in [-0.15, -0.1) is 0 Å². The van der Waals surface area contributed by atoms with Crippen molar-refractivity contribution in [3.63, 3.8) is 0 Å². The second kappa shape index (κ2) is 11.8. The number of nitrogens with one attached hydrogen (secondary N) is 2. The molecule has 1 aromatic heterocycles. The zero-order valence-electron chi connectivity index (χ0n) is 18.8. The van der Waals surface area contributed by atoms with E-state index in [1.54, 1.807) is 6.07 Å². The molecule has 0 unspecified atom stereocenters. The third-order valence-corrected chi connectivity index (χ3v) is 7.18. The first-order chi connectivity index (χ1) is 16.1. The molecule has 33 heavy (non-hydrogen) atoms. The first kappa shape index (κ1) is 23.9. The van der Waals surface area contributed by atoms with E-state index in [4.69, 9.17) is 4.74 Å². The molecular weight excluding hydrogens is 438 g/mol. The lowest BCUT2D eigenvalue weighted by Gasteiger charge is -2.33. The predicted octanol–water partition coefficient (Wildman–Crippen LogP) is 2.89. The van der Waals surface area contributed by atoms with Crippen LogP contribution in [0.5, 0.6) is 5.75 Å². The number of thiazole rings is 1. The molecule has 0 spiro atoms. The molecule has 8 heteroatoms. The zero-order chi connectivity index (χ0) is 23.0. The standard InChI is InChI=1S/C25H33N3O4S/c29-21-9-8-20(24-23(21)27-25(31)33-24)22(30)16-26-15-19-7-4-11-28(17-19)12-14-32-13-10-18-5-2-1-3-6-18/h1-3,5-6,8-9,19,22,26,29-30H,4,7,10-17H2,(H,27,31)/t19-,22+/m1/s1. The number of aliphatic hydroxyl groups excluding tert-OH is 1. The second-order valence-electron chi connectivity index (χ2n) is 8.72. The molecule has 0 aliphatic carbocycles. The van der Waals surface area contributed by atoms with Crippen LogP contribution in [-0.4, -0.2) is 66.0 Å². The van der Waals surface area contributed by atoms with Crippen molar-refractivity contribution in [2.75, 3.05) is 45.9 Å². The van der Waals surface area contributed by atoms with E-state index in [9.17, 15) is 15.0 Å². The number of ether oxygens (including phenoxy) is 1. The highest BCUT2D eigenvalue weighted by Gasteiger charge is 2.21. The van der Waals surface area contributed by atoms with Gasteiger partial charge in [0.25, 0.3) is 0 Å². The van der Waals surface area contributed by atoms with Gasteiger partial charge in [0.05, 0.1) is 24.0 Å². The topological polar surface area (TPSA) is 97.8 Å². The number of fused-ring (bicyclic) bond motifs is 1. The van der Waals surface area contributed by atoms with Crippen molar-refractivity contribution in [2.45, 2.75) is 25.4 Å². The van der Waals surface area contributed by atoms with Crippen LogP contribution in [0.4, 0.5) is 0 Å². The van der Waals surface area contributed by atoms with Gasteiger partial charge in [-0.3, -0.25) is 4.79 Å². The molecule has 0 bridgehead atoms. The number of H-pyrrole nitrogens is 1. The second-order valence-corrected chi connectivity index (χ2v) is 9.71. The first-order valence-corrected chi connectivity index (χ1v) is 12.5. The fourth-order valence-corrected chi connectivity index (χ4v) is 5.41. The summed E-state index contributed by atoms with van der Waals surface area (Å²) < 4.78 is 6.47. The summed E-state index contributed by atoms with van der Waals surface area (Å²) in [5.41, 5.74) is 2.37. The van der Waals surface area contributed by atoms with E-state index < -0.39 is 6.10 Å². The minimum Gasteiger partial charge on any atom is -0.506 e. The average Bonchev–Trinajstić information content (AvgIpc) is 3.22. The van der Waals surface area contributed by atoms with Crippen molar-refractivity contribution in [3.8, 4) is 5.75 Å². The first-order valence-electron chi connectivity index (χ1n) is 11.7.